The number of carbonyl (C=O) groups excluding carboxylic acids is 1. The van der Waals surface area contributed by atoms with Gasteiger partial charge in [0.2, 0.25) is 0 Å². The van der Waals surface area contributed by atoms with E-state index in [1.165, 1.54) is 6.92 Å². The summed E-state index contributed by atoms with van der Waals surface area (Å²) in [6, 6.07) is -0.375. The molecular weight excluding hydrogens is 212 g/mol. The summed E-state index contributed by atoms with van der Waals surface area (Å²) in [5.74, 6) is -1.51. The van der Waals surface area contributed by atoms with E-state index in [2.05, 4.69) is 10.6 Å². The number of hydrogen-bond acceptors (Lipinski definition) is 3. The molecule has 0 aromatic heterocycles. The third-order valence-electron chi connectivity index (χ3n) is 1.83. The zero-order valence-corrected chi connectivity index (χ0v) is 9.95. The topological polar surface area (TPSA) is 87.7 Å². The van der Waals surface area contributed by atoms with Gasteiger partial charge < -0.3 is 20.5 Å². The Kier molecular flexibility index (Phi) is 7.28. The molecule has 0 radical (unpaired) electrons. The standard InChI is InChI=1S/C10H20N2O4/c1-7(2)16-5-4-11-10(15)12-6-8(3)9(13)14/h7-8H,4-6H2,1-3H3,(H,13,14)(H2,11,12,15). The van der Waals surface area contributed by atoms with Crippen LogP contribution >= 0.6 is 0 Å². The van der Waals surface area contributed by atoms with E-state index in [4.69, 9.17) is 9.84 Å². The van der Waals surface area contributed by atoms with Gasteiger partial charge in [0.25, 0.3) is 0 Å². The van der Waals surface area contributed by atoms with Crippen molar-refractivity contribution in [1.29, 1.82) is 0 Å². The first kappa shape index (κ1) is 14.7. The molecule has 0 saturated heterocycles. The van der Waals surface area contributed by atoms with Crippen molar-refractivity contribution in [2.24, 2.45) is 5.92 Å². The SMILES string of the molecule is CC(C)OCCNC(=O)NCC(C)C(=O)O. The Bertz CT molecular complexity index is 231. The summed E-state index contributed by atoms with van der Waals surface area (Å²) in [6.45, 7) is 6.32. The number of aliphatic carboxylic acids is 1. The largest absolute Gasteiger partial charge is 0.481 e. The molecule has 94 valence electrons. The summed E-state index contributed by atoms with van der Waals surface area (Å²) < 4.78 is 5.22. The van der Waals surface area contributed by atoms with Crippen LogP contribution in [0.25, 0.3) is 0 Å². The Morgan fingerprint density at radius 2 is 1.88 bits per heavy atom. The molecule has 0 aliphatic rings. The molecule has 6 nitrogen and oxygen atoms in total. The Morgan fingerprint density at radius 1 is 1.25 bits per heavy atom. The number of nitrogens with one attached hydrogen (secondary N) is 2. The van der Waals surface area contributed by atoms with Gasteiger partial charge in [0.1, 0.15) is 0 Å². The molecule has 3 N–H and O–H groups in total. The molecule has 1 atom stereocenters. The maximum Gasteiger partial charge on any atom is 0.314 e. The fourth-order valence-corrected chi connectivity index (χ4v) is 0.855. The van der Waals surface area contributed by atoms with Gasteiger partial charge in [-0.2, -0.15) is 0 Å². The summed E-state index contributed by atoms with van der Waals surface area (Å²) >= 11 is 0. The fourth-order valence-electron chi connectivity index (χ4n) is 0.855. The quantitative estimate of drug-likeness (QED) is 0.555. The third kappa shape index (κ3) is 8.05. The molecule has 0 heterocycles. The lowest BCUT2D eigenvalue weighted by molar-refractivity contribution is -0.140. The summed E-state index contributed by atoms with van der Waals surface area (Å²) in [4.78, 5) is 21.6. The van der Waals surface area contributed by atoms with Gasteiger partial charge >= 0.3 is 12.0 Å². The number of amides is 2. The first-order chi connectivity index (χ1) is 7.43. The van der Waals surface area contributed by atoms with Crippen LogP contribution in [0, 0.1) is 5.92 Å². The van der Waals surface area contributed by atoms with Gasteiger partial charge in [-0.3, -0.25) is 4.79 Å². The Hall–Kier alpha value is -1.30. The first-order valence-electron chi connectivity index (χ1n) is 5.29. The van der Waals surface area contributed by atoms with E-state index in [1.54, 1.807) is 0 Å². The second-order valence-corrected chi connectivity index (χ2v) is 3.80. The number of ether oxygens (including phenoxy) is 1. The Morgan fingerprint density at radius 3 is 2.38 bits per heavy atom. The van der Waals surface area contributed by atoms with Crippen LogP contribution in [-0.4, -0.2) is 42.9 Å². The predicted octanol–water partition coefficient (Wildman–Crippen LogP) is 0.431. The van der Waals surface area contributed by atoms with E-state index in [9.17, 15) is 9.59 Å². The van der Waals surface area contributed by atoms with Crippen molar-refractivity contribution in [1.82, 2.24) is 10.6 Å². The van der Waals surface area contributed by atoms with Gasteiger partial charge in [0.05, 0.1) is 18.6 Å². The number of carbonyl (C=O) groups is 2. The molecule has 16 heavy (non-hydrogen) atoms. The van der Waals surface area contributed by atoms with Gasteiger partial charge in [-0.05, 0) is 13.8 Å². The monoisotopic (exact) mass is 232 g/mol. The lowest BCUT2D eigenvalue weighted by atomic mass is 10.2. The lowest BCUT2D eigenvalue weighted by Crippen LogP contribution is -2.40. The van der Waals surface area contributed by atoms with Gasteiger partial charge in [-0.25, -0.2) is 4.79 Å². The minimum absolute atomic E-state index is 0.117. The average Bonchev–Trinajstić information content (AvgIpc) is 2.20. The minimum atomic E-state index is -0.927. The molecule has 0 bridgehead atoms. The highest BCUT2D eigenvalue weighted by Gasteiger charge is 2.11. The normalized spacial score (nSPS) is 12.2. The Balaban J connectivity index is 3.48. The molecule has 1 unspecified atom stereocenters. The second kappa shape index (κ2) is 7.92. The van der Waals surface area contributed by atoms with Crippen molar-refractivity contribution in [2.45, 2.75) is 26.9 Å². The fraction of sp³-hybridized carbons (Fsp3) is 0.800. The smallest absolute Gasteiger partial charge is 0.314 e. The van der Waals surface area contributed by atoms with Crippen LogP contribution in [-0.2, 0) is 9.53 Å². The third-order valence-corrected chi connectivity index (χ3v) is 1.83. The molecule has 0 spiro atoms. The molecule has 0 aromatic rings. The second-order valence-electron chi connectivity index (χ2n) is 3.80. The molecular formula is C10H20N2O4. The number of carboxylic acid groups (broad SMARTS) is 1. The summed E-state index contributed by atoms with van der Waals surface area (Å²) in [5, 5.41) is 13.6. The van der Waals surface area contributed by atoms with Gasteiger partial charge in [-0.1, -0.05) is 6.92 Å². The summed E-state index contributed by atoms with van der Waals surface area (Å²) in [7, 11) is 0. The van der Waals surface area contributed by atoms with E-state index in [-0.39, 0.29) is 18.7 Å². The van der Waals surface area contributed by atoms with Crippen LogP contribution in [0.15, 0.2) is 0 Å². The molecule has 0 rings (SSSR count). The maximum atomic E-state index is 11.1. The zero-order chi connectivity index (χ0) is 12.6. The van der Waals surface area contributed by atoms with E-state index < -0.39 is 11.9 Å². The summed E-state index contributed by atoms with van der Waals surface area (Å²) in [5.41, 5.74) is 0. The number of carboxylic acids is 1. The van der Waals surface area contributed by atoms with Crippen LogP contribution in [0.5, 0.6) is 0 Å². The highest BCUT2D eigenvalue weighted by atomic mass is 16.5. The first-order valence-corrected chi connectivity index (χ1v) is 5.29. The Labute approximate surface area is 95.4 Å². The molecule has 0 aliphatic carbocycles. The highest BCUT2D eigenvalue weighted by Crippen LogP contribution is 1.90. The van der Waals surface area contributed by atoms with Crippen LogP contribution in [0.3, 0.4) is 0 Å². The van der Waals surface area contributed by atoms with Crippen molar-refractivity contribution in [3.8, 4) is 0 Å². The van der Waals surface area contributed by atoms with Crippen molar-refractivity contribution in [3.05, 3.63) is 0 Å². The van der Waals surface area contributed by atoms with Gasteiger partial charge in [-0.15, -0.1) is 0 Å². The molecule has 0 aliphatic heterocycles. The molecule has 2 amide bonds. The number of urea groups is 1. The van der Waals surface area contributed by atoms with Crippen molar-refractivity contribution < 1.29 is 19.4 Å². The van der Waals surface area contributed by atoms with Crippen molar-refractivity contribution in [3.63, 3.8) is 0 Å². The van der Waals surface area contributed by atoms with E-state index in [0.717, 1.165) is 0 Å². The predicted molar refractivity (Wildman–Crippen MR) is 59.3 cm³/mol. The molecule has 0 fully saturated rings. The van der Waals surface area contributed by atoms with Gasteiger partial charge in [0, 0.05) is 13.1 Å². The zero-order valence-electron chi connectivity index (χ0n) is 9.95. The van der Waals surface area contributed by atoms with E-state index in [0.29, 0.717) is 13.2 Å². The minimum Gasteiger partial charge on any atom is -0.481 e. The van der Waals surface area contributed by atoms with E-state index >= 15 is 0 Å². The van der Waals surface area contributed by atoms with E-state index in [1.807, 2.05) is 13.8 Å². The molecule has 6 heteroatoms. The van der Waals surface area contributed by atoms with Crippen molar-refractivity contribution >= 4 is 12.0 Å². The summed E-state index contributed by atoms with van der Waals surface area (Å²) in [6.07, 6.45) is 0.136. The van der Waals surface area contributed by atoms with Crippen LogP contribution in [0.1, 0.15) is 20.8 Å². The number of hydrogen-bond donors (Lipinski definition) is 3. The molecule has 0 saturated carbocycles. The maximum absolute atomic E-state index is 11.1. The van der Waals surface area contributed by atoms with Gasteiger partial charge in [0.15, 0.2) is 0 Å². The van der Waals surface area contributed by atoms with Crippen LogP contribution in [0.2, 0.25) is 0 Å². The molecule has 0 aromatic carbocycles. The van der Waals surface area contributed by atoms with Crippen molar-refractivity contribution in [2.75, 3.05) is 19.7 Å². The average molecular weight is 232 g/mol. The van der Waals surface area contributed by atoms with Crippen LogP contribution < -0.4 is 10.6 Å². The highest BCUT2D eigenvalue weighted by molar-refractivity contribution is 5.75. The lowest BCUT2D eigenvalue weighted by Gasteiger charge is -2.11. The number of rotatable bonds is 7. The van der Waals surface area contributed by atoms with Crippen LogP contribution in [0.4, 0.5) is 4.79 Å².